The number of thiocarbonyl (C=S) groups is 1. The van der Waals surface area contributed by atoms with E-state index in [9.17, 15) is 14.4 Å². The monoisotopic (exact) mass is 446 g/mol. The number of ether oxygens (including phenoxy) is 1. The van der Waals surface area contributed by atoms with Gasteiger partial charge in [0.25, 0.3) is 0 Å². The Morgan fingerprint density at radius 2 is 1.80 bits per heavy atom. The second-order valence-electron chi connectivity index (χ2n) is 5.85. The van der Waals surface area contributed by atoms with Gasteiger partial charge in [-0.2, -0.15) is 0 Å². The Morgan fingerprint density at radius 1 is 1.07 bits per heavy atom. The molecule has 0 aliphatic carbocycles. The highest BCUT2D eigenvalue weighted by atomic mass is 32.1. The normalized spacial score (nSPS) is 10.3. The summed E-state index contributed by atoms with van der Waals surface area (Å²) in [7, 11) is 0. The standard InChI is InChI=1S/C20H22N4O4S2/c1-2-28-15-7-5-14(6-8-15)21-17(25)11-12-19(27)23-24-20(29)22-18(26)10-9-16-4-3-13-30-16/h3-10,13H,2,11-12H2,1H3,(H,21,25)(H,23,27)(H2,22,24,26,29). The van der Waals surface area contributed by atoms with Gasteiger partial charge in [0, 0.05) is 29.5 Å². The molecular formula is C20H22N4O4S2. The highest BCUT2D eigenvalue weighted by molar-refractivity contribution is 7.80. The van der Waals surface area contributed by atoms with Gasteiger partial charge < -0.3 is 10.1 Å². The Hall–Kier alpha value is -3.24. The number of amides is 3. The Bertz CT molecular complexity index is 896. The molecular weight excluding hydrogens is 424 g/mol. The van der Waals surface area contributed by atoms with Crippen molar-refractivity contribution in [3.63, 3.8) is 0 Å². The van der Waals surface area contributed by atoms with Gasteiger partial charge in [0.05, 0.1) is 6.61 Å². The number of hydrazine groups is 1. The first-order valence-electron chi connectivity index (χ1n) is 9.10. The molecule has 1 aromatic carbocycles. The number of hydrogen-bond acceptors (Lipinski definition) is 6. The summed E-state index contributed by atoms with van der Waals surface area (Å²) < 4.78 is 5.33. The van der Waals surface area contributed by atoms with Crippen molar-refractivity contribution in [3.8, 4) is 5.75 Å². The number of carbonyl (C=O) groups excluding carboxylic acids is 3. The first-order chi connectivity index (χ1) is 14.5. The van der Waals surface area contributed by atoms with Crippen LogP contribution in [0, 0.1) is 0 Å². The maximum absolute atomic E-state index is 11.9. The molecule has 30 heavy (non-hydrogen) atoms. The minimum absolute atomic E-state index is 0.0105. The molecule has 0 saturated heterocycles. The molecule has 1 aromatic heterocycles. The predicted octanol–water partition coefficient (Wildman–Crippen LogP) is 2.60. The largest absolute Gasteiger partial charge is 0.494 e. The van der Waals surface area contributed by atoms with Crippen molar-refractivity contribution in [2.45, 2.75) is 19.8 Å². The fourth-order valence-corrected chi connectivity index (χ4v) is 2.94. The molecule has 0 spiro atoms. The van der Waals surface area contributed by atoms with E-state index in [0.29, 0.717) is 18.0 Å². The van der Waals surface area contributed by atoms with Crippen molar-refractivity contribution in [2.75, 3.05) is 11.9 Å². The molecule has 3 amide bonds. The number of benzene rings is 1. The van der Waals surface area contributed by atoms with Crippen LogP contribution in [-0.4, -0.2) is 29.4 Å². The number of nitrogens with one attached hydrogen (secondary N) is 4. The van der Waals surface area contributed by atoms with Crippen LogP contribution >= 0.6 is 23.6 Å². The lowest BCUT2D eigenvalue weighted by Crippen LogP contribution is -2.48. The van der Waals surface area contributed by atoms with E-state index in [1.165, 1.54) is 17.4 Å². The molecule has 4 N–H and O–H groups in total. The van der Waals surface area contributed by atoms with E-state index in [1.807, 2.05) is 24.4 Å². The lowest BCUT2D eigenvalue weighted by Gasteiger charge is -2.10. The van der Waals surface area contributed by atoms with Crippen LogP contribution in [0.5, 0.6) is 5.75 Å². The molecule has 0 unspecified atom stereocenters. The van der Waals surface area contributed by atoms with Gasteiger partial charge in [0.15, 0.2) is 5.11 Å². The molecule has 0 fully saturated rings. The van der Waals surface area contributed by atoms with Crippen LogP contribution < -0.4 is 26.2 Å². The van der Waals surface area contributed by atoms with Gasteiger partial charge in [-0.1, -0.05) is 6.07 Å². The fourth-order valence-electron chi connectivity index (χ4n) is 2.17. The van der Waals surface area contributed by atoms with Gasteiger partial charge in [-0.05, 0) is 60.9 Å². The highest BCUT2D eigenvalue weighted by Gasteiger charge is 2.08. The second kappa shape index (κ2) is 12.3. The molecule has 0 atom stereocenters. The van der Waals surface area contributed by atoms with Crippen LogP contribution in [-0.2, 0) is 14.4 Å². The number of carbonyl (C=O) groups is 3. The van der Waals surface area contributed by atoms with E-state index >= 15 is 0 Å². The molecule has 1 heterocycles. The summed E-state index contributed by atoms with van der Waals surface area (Å²) in [6, 6.07) is 10.7. The summed E-state index contributed by atoms with van der Waals surface area (Å²) in [6.07, 6.45) is 2.94. The average molecular weight is 447 g/mol. The molecule has 2 rings (SSSR count). The second-order valence-corrected chi connectivity index (χ2v) is 7.23. The van der Waals surface area contributed by atoms with Crippen molar-refractivity contribution in [2.24, 2.45) is 0 Å². The molecule has 0 radical (unpaired) electrons. The van der Waals surface area contributed by atoms with Crippen LogP contribution in [0.15, 0.2) is 47.9 Å². The van der Waals surface area contributed by atoms with Crippen LogP contribution in [0.25, 0.3) is 6.08 Å². The highest BCUT2D eigenvalue weighted by Crippen LogP contribution is 2.15. The zero-order valence-corrected chi connectivity index (χ0v) is 17.9. The van der Waals surface area contributed by atoms with E-state index in [0.717, 1.165) is 4.88 Å². The summed E-state index contributed by atoms with van der Waals surface area (Å²) in [5.41, 5.74) is 5.37. The quantitative estimate of drug-likeness (QED) is 0.282. The van der Waals surface area contributed by atoms with E-state index < -0.39 is 11.8 Å². The Labute approximate surface area is 183 Å². The molecule has 8 nitrogen and oxygen atoms in total. The van der Waals surface area contributed by atoms with Crippen molar-refractivity contribution >= 4 is 58.2 Å². The number of rotatable bonds is 8. The van der Waals surface area contributed by atoms with Crippen LogP contribution in [0.4, 0.5) is 5.69 Å². The van der Waals surface area contributed by atoms with Gasteiger partial charge >= 0.3 is 0 Å². The van der Waals surface area contributed by atoms with Gasteiger partial charge in [0.2, 0.25) is 17.7 Å². The van der Waals surface area contributed by atoms with E-state index in [1.54, 1.807) is 30.3 Å². The Balaban J connectivity index is 1.63. The summed E-state index contributed by atoms with van der Waals surface area (Å²) in [4.78, 5) is 36.5. The van der Waals surface area contributed by atoms with Gasteiger partial charge in [-0.3, -0.25) is 30.6 Å². The van der Waals surface area contributed by atoms with E-state index in [4.69, 9.17) is 17.0 Å². The minimum Gasteiger partial charge on any atom is -0.494 e. The first-order valence-corrected chi connectivity index (χ1v) is 10.4. The van der Waals surface area contributed by atoms with Crippen molar-refractivity contribution < 1.29 is 19.1 Å². The number of hydrogen-bond donors (Lipinski definition) is 4. The van der Waals surface area contributed by atoms with Crippen molar-refractivity contribution in [1.29, 1.82) is 0 Å². The number of anilines is 1. The van der Waals surface area contributed by atoms with Crippen molar-refractivity contribution in [3.05, 3.63) is 52.7 Å². The first kappa shape index (κ1) is 23.0. The molecule has 158 valence electrons. The summed E-state index contributed by atoms with van der Waals surface area (Å²) in [5, 5.41) is 6.95. The smallest absolute Gasteiger partial charge is 0.250 e. The van der Waals surface area contributed by atoms with Crippen LogP contribution in [0.1, 0.15) is 24.6 Å². The van der Waals surface area contributed by atoms with Gasteiger partial charge in [-0.25, -0.2) is 0 Å². The third-order valence-corrected chi connectivity index (χ3v) is 4.56. The lowest BCUT2D eigenvalue weighted by molar-refractivity contribution is -0.124. The molecule has 0 aliphatic heterocycles. The zero-order chi connectivity index (χ0) is 21.8. The number of thiophene rings is 1. The van der Waals surface area contributed by atoms with Crippen LogP contribution in [0.2, 0.25) is 0 Å². The third kappa shape index (κ3) is 8.84. The van der Waals surface area contributed by atoms with E-state index in [-0.39, 0.29) is 23.9 Å². The third-order valence-electron chi connectivity index (χ3n) is 3.52. The summed E-state index contributed by atoms with van der Waals surface area (Å²) in [5.74, 6) is -0.456. The minimum atomic E-state index is -0.442. The fraction of sp³-hybridized carbons (Fsp3) is 0.200. The van der Waals surface area contributed by atoms with Gasteiger partial charge in [0.1, 0.15) is 5.75 Å². The molecule has 2 aromatic rings. The Kier molecular flexibility index (Phi) is 9.49. The maximum atomic E-state index is 11.9. The van der Waals surface area contributed by atoms with Crippen LogP contribution in [0.3, 0.4) is 0 Å². The molecule has 0 bridgehead atoms. The van der Waals surface area contributed by atoms with E-state index in [2.05, 4.69) is 21.5 Å². The predicted molar refractivity (Wildman–Crippen MR) is 121 cm³/mol. The molecule has 0 aliphatic rings. The molecule has 0 saturated carbocycles. The lowest BCUT2D eigenvalue weighted by atomic mass is 10.2. The van der Waals surface area contributed by atoms with Gasteiger partial charge in [-0.15, -0.1) is 11.3 Å². The summed E-state index contributed by atoms with van der Waals surface area (Å²) >= 11 is 6.43. The van der Waals surface area contributed by atoms with Crippen molar-refractivity contribution in [1.82, 2.24) is 16.2 Å². The zero-order valence-electron chi connectivity index (χ0n) is 16.3. The maximum Gasteiger partial charge on any atom is 0.250 e. The SMILES string of the molecule is CCOc1ccc(NC(=O)CCC(=O)NNC(=S)NC(=O)C=Cc2cccs2)cc1. The summed E-state index contributed by atoms with van der Waals surface area (Å²) in [6.45, 7) is 2.45. The molecule has 10 heteroatoms. The topological polar surface area (TPSA) is 109 Å². The Morgan fingerprint density at radius 3 is 2.47 bits per heavy atom. The average Bonchev–Trinajstić information content (AvgIpc) is 3.24.